The van der Waals surface area contributed by atoms with Gasteiger partial charge < -0.3 is 0 Å². The second kappa shape index (κ2) is 19.5. The molecule has 2 nitrogen and oxygen atoms in total. The summed E-state index contributed by atoms with van der Waals surface area (Å²) in [5.41, 5.74) is 5.85. The van der Waals surface area contributed by atoms with E-state index in [-0.39, 0.29) is 0 Å². The Kier molecular flexibility index (Phi) is 16.5. The van der Waals surface area contributed by atoms with Gasteiger partial charge in [0, 0.05) is 13.1 Å². The molecule has 0 aliphatic heterocycles. The molecule has 0 amide bonds. The first-order valence-corrected chi connectivity index (χ1v) is 15.3. The molecule has 0 saturated carbocycles. The first-order valence-electron chi connectivity index (χ1n) is 15.3. The molecular formula is C34H56N2. The lowest BCUT2D eigenvalue weighted by molar-refractivity contribution is 0.253. The molecule has 2 rings (SSSR count). The summed E-state index contributed by atoms with van der Waals surface area (Å²) in [6, 6.07) is 18.4. The molecule has 0 spiro atoms. The summed E-state index contributed by atoms with van der Waals surface area (Å²) in [6.07, 6.45) is 15.7. The van der Waals surface area contributed by atoms with Crippen molar-refractivity contribution >= 4 is 0 Å². The van der Waals surface area contributed by atoms with E-state index in [4.69, 9.17) is 0 Å². The van der Waals surface area contributed by atoms with Gasteiger partial charge in [-0.15, -0.1) is 0 Å². The first-order chi connectivity index (χ1) is 17.7. The van der Waals surface area contributed by atoms with E-state index in [0.717, 1.165) is 13.1 Å². The Hall–Kier alpha value is -1.64. The molecule has 0 atom stereocenters. The van der Waals surface area contributed by atoms with Gasteiger partial charge in [0.1, 0.15) is 0 Å². The molecule has 0 aromatic heterocycles. The van der Waals surface area contributed by atoms with Gasteiger partial charge in [-0.2, -0.15) is 0 Å². The van der Waals surface area contributed by atoms with E-state index in [1.165, 1.54) is 125 Å². The van der Waals surface area contributed by atoms with Crippen LogP contribution in [0, 0.1) is 0 Å². The van der Waals surface area contributed by atoms with Gasteiger partial charge in [-0.1, -0.05) is 128 Å². The molecule has 2 aromatic carbocycles. The summed E-state index contributed by atoms with van der Waals surface area (Å²) in [5.74, 6) is 0. The second-order valence-electron chi connectivity index (χ2n) is 10.7. The minimum absolute atomic E-state index is 1.06. The first kappa shape index (κ1) is 30.6. The van der Waals surface area contributed by atoms with Gasteiger partial charge in [-0.3, -0.25) is 9.80 Å². The quantitative estimate of drug-likeness (QED) is 0.160. The zero-order chi connectivity index (χ0) is 25.8. The Morgan fingerprint density at radius 1 is 0.417 bits per heavy atom. The minimum Gasteiger partial charge on any atom is -0.299 e. The van der Waals surface area contributed by atoms with Crippen molar-refractivity contribution in [2.24, 2.45) is 0 Å². The fourth-order valence-corrected chi connectivity index (χ4v) is 5.21. The van der Waals surface area contributed by atoms with Gasteiger partial charge in [0.15, 0.2) is 0 Å². The summed E-state index contributed by atoms with van der Waals surface area (Å²) in [4.78, 5) is 5.43. The van der Waals surface area contributed by atoms with Crippen LogP contribution in [0.15, 0.2) is 48.5 Å². The van der Waals surface area contributed by atoms with Gasteiger partial charge in [0.05, 0.1) is 0 Å². The average molecular weight is 493 g/mol. The monoisotopic (exact) mass is 492 g/mol. The molecule has 0 fully saturated rings. The normalized spacial score (nSPS) is 11.6. The lowest BCUT2D eigenvalue weighted by Crippen LogP contribution is -2.27. The Morgan fingerprint density at radius 2 is 0.722 bits per heavy atom. The van der Waals surface area contributed by atoms with Crippen LogP contribution >= 0.6 is 0 Å². The smallest absolute Gasteiger partial charge is 0.0239 e. The molecule has 0 aliphatic carbocycles. The maximum absolute atomic E-state index is 2.72. The summed E-state index contributed by atoms with van der Waals surface area (Å²) >= 11 is 0. The van der Waals surface area contributed by atoms with Crippen molar-refractivity contribution in [1.29, 1.82) is 0 Å². The number of unbranched alkanes of at least 4 members (excludes halogenated alkanes) is 8. The molecule has 0 unspecified atom stereocenters. The molecule has 0 N–H and O–H groups in total. The molecule has 2 heteroatoms. The Labute approximate surface area is 224 Å². The predicted octanol–water partition coefficient (Wildman–Crippen LogP) is 9.72. The summed E-state index contributed by atoms with van der Waals surface area (Å²) in [6.45, 7) is 16.2. The zero-order valence-electron chi connectivity index (χ0n) is 24.2. The number of rotatable bonds is 21. The van der Waals surface area contributed by atoms with E-state index < -0.39 is 0 Å². The molecule has 0 saturated heterocycles. The zero-order valence-corrected chi connectivity index (χ0v) is 24.2. The fraction of sp³-hybridized carbons (Fsp3) is 0.647. The summed E-state index contributed by atoms with van der Waals surface area (Å²) in [5, 5.41) is 0. The Morgan fingerprint density at radius 3 is 1.03 bits per heavy atom. The van der Waals surface area contributed by atoms with Crippen LogP contribution in [-0.2, 0) is 13.1 Å². The van der Waals surface area contributed by atoms with Gasteiger partial charge in [0.25, 0.3) is 0 Å². The fourth-order valence-electron chi connectivity index (χ4n) is 5.21. The van der Waals surface area contributed by atoms with E-state index >= 15 is 0 Å². The van der Waals surface area contributed by atoms with E-state index in [1.54, 1.807) is 0 Å². The van der Waals surface area contributed by atoms with Crippen molar-refractivity contribution in [3.63, 3.8) is 0 Å². The van der Waals surface area contributed by atoms with Gasteiger partial charge in [-0.05, 0) is 74.1 Å². The van der Waals surface area contributed by atoms with E-state index in [2.05, 4.69) is 86.0 Å². The van der Waals surface area contributed by atoms with Crippen LogP contribution in [0.3, 0.4) is 0 Å². The molecule has 2 aromatic rings. The maximum atomic E-state index is 2.72. The summed E-state index contributed by atoms with van der Waals surface area (Å²) < 4.78 is 0. The van der Waals surface area contributed by atoms with E-state index in [1.807, 2.05) is 0 Å². The van der Waals surface area contributed by atoms with Gasteiger partial charge in [-0.25, -0.2) is 0 Å². The topological polar surface area (TPSA) is 6.48 Å². The van der Waals surface area contributed by atoms with Crippen molar-refractivity contribution in [2.75, 3.05) is 26.2 Å². The number of nitrogens with zero attached hydrogens (tertiary/aromatic N) is 2. The van der Waals surface area contributed by atoms with Crippen LogP contribution in [0.25, 0.3) is 11.1 Å². The summed E-state index contributed by atoms with van der Waals surface area (Å²) in [7, 11) is 0. The Bertz CT molecular complexity index is 712. The molecule has 202 valence electrons. The maximum Gasteiger partial charge on any atom is 0.0239 e. The lowest BCUT2D eigenvalue weighted by atomic mass is 9.94. The van der Waals surface area contributed by atoms with Crippen molar-refractivity contribution < 1.29 is 0 Å². The molecule has 0 radical (unpaired) electrons. The van der Waals surface area contributed by atoms with Crippen molar-refractivity contribution in [1.82, 2.24) is 9.80 Å². The highest BCUT2D eigenvalue weighted by atomic mass is 15.1. The third-order valence-corrected chi connectivity index (χ3v) is 7.42. The third kappa shape index (κ3) is 11.6. The SMILES string of the molecule is CCCCCN(CCCCC)Cc1ccccc1-c1ccccc1CN(CCCCC)CCCCC. The highest BCUT2D eigenvalue weighted by Crippen LogP contribution is 2.29. The van der Waals surface area contributed by atoms with Crippen LogP contribution in [0.2, 0.25) is 0 Å². The van der Waals surface area contributed by atoms with Crippen LogP contribution < -0.4 is 0 Å². The Balaban J connectivity index is 2.24. The second-order valence-corrected chi connectivity index (χ2v) is 10.7. The molecule has 0 heterocycles. The number of benzene rings is 2. The molecule has 0 aliphatic rings. The van der Waals surface area contributed by atoms with Crippen LogP contribution in [0.4, 0.5) is 0 Å². The largest absolute Gasteiger partial charge is 0.299 e. The minimum atomic E-state index is 1.06. The van der Waals surface area contributed by atoms with Gasteiger partial charge in [0.2, 0.25) is 0 Å². The standard InChI is InChI=1S/C34H56N2/c1-5-9-17-25-35(26-18-10-6-2)29-31-21-13-15-23-33(31)34-24-16-14-22-32(34)30-36(27-19-11-7-3)28-20-12-8-4/h13-16,21-24H,5-12,17-20,25-30H2,1-4H3. The number of hydrogen-bond donors (Lipinski definition) is 0. The lowest BCUT2D eigenvalue weighted by Gasteiger charge is -2.26. The third-order valence-electron chi connectivity index (χ3n) is 7.42. The highest BCUT2D eigenvalue weighted by Gasteiger charge is 2.15. The predicted molar refractivity (Wildman–Crippen MR) is 161 cm³/mol. The van der Waals surface area contributed by atoms with Gasteiger partial charge >= 0.3 is 0 Å². The van der Waals surface area contributed by atoms with Crippen molar-refractivity contribution in [3.8, 4) is 11.1 Å². The average Bonchev–Trinajstić information content (AvgIpc) is 2.90. The molecule has 36 heavy (non-hydrogen) atoms. The van der Waals surface area contributed by atoms with Crippen molar-refractivity contribution in [2.45, 2.75) is 118 Å². The molecular weight excluding hydrogens is 436 g/mol. The van der Waals surface area contributed by atoms with E-state index in [9.17, 15) is 0 Å². The van der Waals surface area contributed by atoms with Crippen LogP contribution in [0.5, 0.6) is 0 Å². The van der Waals surface area contributed by atoms with Crippen LogP contribution in [0.1, 0.15) is 116 Å². The molecule has 0 bridgehead atoms. The van der Waals surface area contributed by atoms with E-state index in [0.29, 0.717) is 0 Å². The number of hydrogen-bond acceptors (Lipinski definition) is 2. The highest BCUT2D eigenvalue weighted by molar-refractivity contribution is 5.70. The van der Waals surface area contributed by atoms with Crippen molar-refractivity contribution in [3.05, 3.63) is 59.7 Å². The van der Waals surface area contributed by atoms with Crippen LogP contribution in [-0.4, -0.2) is 36.0 Å².